The van der Waals surface area contributed by atoms with Gasteiger partial charge in [0, 0.05) is 6.07 Å². The van der Waals surface area contributed by atoms with Crippen molar-refractivity contribution in [2.45, 2.75) is 20.8 Å². The molecule has 6 nitrogen and oxygen atoms in total. The summed E-state index contributed by atoms with van der Waals surface area (Å²) in [6, 6.07) is 8.79. The molecule has 1 heterocycles. The van der Waals surface area contributed by atoms with Crippen molar-refractivity contribution in [1.82, 2.24) is 0 Å². The first-order valence-corrected chi connectivity index (χ1v) is 8.56. The van der Waals surface area contributed by atoms with E-state index >= 15 is 0 Å². The summed E-state index contributed by atoms with van der Waals surface area (Å²) in [5, 5.41) is 8.77. The monoisotopic (exact) mass is 368 g/mol. The Bertz CT molecular complexity index is 919. The fourth-order valence-electron chi connectivity index (χ4n) is 3.00. The Morgan fingerprint density at radius 3 is 2.48 bits per heavy atom. The number of hydrogen-bond acceptors (Lipinski definition) is 5. The molecular weight excluding hydrogens is 348 g/mol. The number of benzene rings is 2. The van der Waals surface area contributed by atoms with Crippen LogP contribution >= 0.6 is 0 Å². The zero-order valence-electron chi connectivity index (χ0n) is 15.4. The average Bonchev–Trinajstić information content (AvgIpc) is 2.89. The number of ketones is 1. The first kappa shape index (κ1) is 18.5. The molecule has 3 rings (SSSR count). The second-order valence-corrected chi connectivity index (χ2v) is 6.20. The molecule has 0 saturated heterocycles. The highest BCUT2D eigenvalue weighted by Crippen LogP contribution is 2.35. The molecule has 0 bridgehead atoms. The minimum Gasteiger partial charge on any atom is -0.494 e. The van der Waals surface area contributed by atoms with E-state index in [4.69, 9.17) is 19.3 Å². The summed E-state index contributed by atoms with van der Waals surface area (Å²) in [5.41, 5.74) is 2.84. The number of hydrogen-bond donors (Lipinski definition) is 1. The lowest BCUT2D eigenvalue weighted by Gasteiger charge is -2.11. The minimum absolute atomic E-state index is 0.186. The predicted molar refractivity (Wildman–Crippen MR) is 99.6 cm³/mol. The fourth-order valence-corrected chi connectivity index (χ4v) is 3.00. The van der Waals surface area contributed by atoms with Crippen molar-refractivity contribution in [3.8, 4) is 17.2 Å². The van der Waals surface area contributed by atoms with Gasteiger partial charge >= 0.3 is 5.97 Å². The molecule has 140 valence electrons. The molecule has 0 fully saturated rings. The first-order chi connectivity index (χ1) is 12.9. The predicted octanol–water partition coefficient (Wildman–Crippen LogP) is 3.78. The second kappa shape index (κ2) is 7.53. The summed E-state index contributed by atoms with van der Waals surface area (Å²) in [5.74, 6) is 0.673. The fraction of sp³-hybridized carbons (Fsp3) is 0.238. The number of rotatable bonds is 6. The van der Waals surface area contributed by atoms with Gasteiger partial charge in [0.05, 0.1) is 12.2 Å². The summed E-state index contributed by atoms with van der Waals surface area (Å²) in [6.07, 6.45) is 1.67. The Morgan fingerprint density at radius 1 is 1.15 bits per heavy atom. The number of carboxylic acids is 1. The molecule has 1 N–H and O–H groups in total. The smallest absolute Gasteiger partial charge is 0.341 e. The number of Topliss-reactive ketones (excluding diaryl/α,β-unsaturated/α-hetero) is 1. The van der Waals surface area contributed by atoms with Gasteiger partial charge in [0.1, 0.15) is 17.2 Å². The van der Waals surface area contributed by atoms with Gasteiger partial charge in [0.2, 0.25) is 5.78 Å². The van der Waals surface area contributed by atoms with Crippen LogP contribution in [-0.4, -0.2) is 30.1 Å². The topological polar surface area (TPSA) is 82.1 Å². The molecule has 0 spiro atoms. The van der Waals surface area contributed by atoms with Crippen LogP contribution in [0.4, 0.5) is 0 Å². The zero-order valence-corrected chi connectivity index (χ0v) is 15.4. The Labute approximate surface area is 157 Å². The molecular formula is C21H20O6. The number of ether oxygens (including phenoxy) is 3. The maximum absolute atomic E-state index is 12.6. The third kappa shape index (κ3) is 3.95. The van der Waals surface area contributed by atoms with E-state index < -0.39 is 12.6 Å². The van der Waals surface area contributed by atoms with Gasteiger partial charge in [-0.1, -0.05) is 0 Å². The average molecular weight is 368 g/mol. The SMILES string of the molecule is CCOc1ccc2c(c1)OC(=Cc1cc(C)c(OCC(=O)O)c(C)c1)C2=O. The van der Waals surface area contributed by atoms with E-state index in [0.29, 0.717) is 29.4 Å². The lowest BCUT2D eigenvalue weighted by atomic mass is 10.0. The highest BCUT2D eigenvalue weighted by molar-refractivity contribution is 6.14. The van der Waals surface area contributed by atoms with Crippen LogP contribution in [0.3, 0.4) is 0 Å². The molecule has 27 heavy (non-hydrogen) atoms. The number of carbonyl (C=O) groups excluding carboxylic acids is 1. The third-order valence-electron chi connectivity index (χ3n) is 4.07. The number of allylic oxidation sites excluding steroid dienone is 1. The van der Waals surface area contributed by atoms with E-state index in [2.05, 4.69) is 0 Å². The largest absolute Gasteiger partial charge is 0.494 e. The Hall–Kier alpha value is -3.28. The molecule has 0 amide bonds. The Morgan fingerprint density at radius 2 is 1.85 bits per heavy atom. The van der Waals surface area contributed by atoms with Gasteiger partial charge in [-0.05, 0) is 67.8 Å². The number of carbonyl (C=O) groups is 2. The number of aryl methyl sites for hydroxylation is 2. The van der Waals surface area contributed by atoms with Gasteiger partial charge in [-0.25, -0.2) is 4.79 Å². The molecule has 1 aliphatic heterocycles. The van der Waals surface area contributed by atoms with Crippen molar-refractivity contribution in [3.05, 3.63) is 58.3 Å². The first-order valence-electron chi connectivity index (χ1n) is 8.56. The van der Waals surface area contributed by atoms with Crippen molar-refractivity contribution < 1.29 is 28.9 Å². The van der Waals surface area contributed by atoms with Gasteiger partial charge < -0.3 is 19.3 Å². The van der Waals surface area contributed by atoms with Crippen molar-refractivity contribution in [1.29, 1.82) is 0 Å². The van der Waals surface area contributed by atoms with Crippen molar-refractivity contribution in [3.63, 3.8) is 0 Å². The highest BCUT2D eigenvalue weighted by atomic mass is 16.5. The molecule has 0 aliphatic carbocycles. The van der Waals surface area contributed by atoms with Crippen LogP contribution in [0.5, 0.6) is 17.2 Å². The highest BCUT2D eigenvalue weighted by Gasteiger charge is 2.27. The normalized spacial score (nSPS) is 14.0. The van der Waals surface area contributed by atoms with E-state index in [1.165, 1.54) is 0 Å². The quantitative estimate of drug-likeness (QED) is 0.782. The van der Waals surface area contributed by atoms with Crippen LogP contribution in [0, 0.1) is 13.8 Å². The Balaban J connectivity index is 1.87. The summed E-state index contributed by atoms with van der Waals surface area (Å²) in [7, 11) is 0. The summed E-state index contributed by atoms with van der Waals surface area (Å²) < 4.78 is 16.5. The molecule has 0 unspecified atom stereocenters. The summed E-state index contributed by atoms with van der Waals surface area (Å²) in [4.78, 5) is 23.3. The minimum atomic E-state index is -1.03. The van der Waals surface area contributed by atoms with E-state index in [-0.39, 0.29) is 11.5 Å². The van der Waals surface area contributed by atoms with Gasteiger partial charge in [-0.2, -0.15) is 0 Å². The lowest BCUT2D eigenvalue weighted by molar-refractivity contribution is -0.139. The molecule has 6 heteroatoms. The number of fused-ring (bicyclic) bond motifs is 1. The maximum atomic E-state index is 12.6. The van der Waals surface area contributed by atoms with Crippen molar-refractivity contribution in [2.24, 2.45) is 0 Å². The Kier molecular flexibility index (Phi) is 5.16. The van der Waals surface area contributed by atoms with Gasteiger partial charge in [0.25, 0.3) is 0 Å². The molecule has 0 radical (unpaired) electrons. The molecule has 2 aromatic rings. The van der Waals surface area contributed by atoms with Crippen molar-refractivity contribution >= 4 is 17.8 Å². The van der Waals surface area contributed by atoms with Crippen LogP contribution in [0.1, 0.15) is 34.0 Å². The molecule has 0 atom stereocenters. The van der Waals surface area contributed by atoms with Gasteiger partial charge in [0.15, 0.2) is 12.4 Å². The zero-order chi connectivity index (χ0) is 19.6. The number of carboxylic acid groups (broad SMARTS) is 1. The number of aliphatic carboxylic acids is 1. The molecule has 0 aromatic heterocycles. The van der Waals surface area contributed by atoms with Crippen LogP contribution in [0.2, 0.25) is 0 Å². The van der Waals surface area contributed by atoms with Gasteiger partial charge in [-0.15, -0.1) is 0 Å². The third-order valence-corrected chi connectivity index (χ3v) is 4.07. The van der Waals surface area contributed by atoms with E-state index in [1.54, 1.807) is 24.3 Å². The summed E-state index contributed by atoms with van der Waals surface area (Å²) >= 11 is 0. The van der Waals surface area contributed by atoms with Crippen molar-refractivity contribution in [2.75, 3.05) is 13.2 Å². The molecule has 2 aromatic carbocycles. The molecule has 1 aliphatic rings. The second-order valence-electron chi connectivity index (χ2n) is 6.20. The maximum Gasteiger partial charge on any atom is 0.341 e. The van der Waals surface area contributed by atoms with Crippen LogP contribution in [0.15, 0.2) is 36.1 Å². The van der Waals surface area contributed by atoms with Crippen LogP contribution in [0.25, 0.3) is 6.08 Å². The molecule has 0 saturated carbocycles. The summed E-state index contributed by atoms with van der Waals surface area (Å²) in [6.45, 7) is 5.67. The van der Waals surface area contributed by atoms with Gasteiger partial charge in [-0.3, -0.25) is 4.79 Å². The van der Waals surface area contributed by atoms with E-state index in [1.807, 2.05) is 32.9 Å². The van der Waals surface area contributed by atoms with Crippen LogP contribution in [-0.2, 0) is 4.79 Å². The standard InChI is InChI=1S/C21H20O6/c1-4-25-15-5-6-16-17(10-15)27-18(20(16)24)9-14-7-12(2)21(13(3)8-14)26-11-19(22)23/h5-10H,4,11H2,1-3H3,(H,22,23). The van der Waals surface area contributed by atoms with E-state index in [9.17, 15) is 9.59 Å². The van der Waals surface area contributed by atoms with E-state index in [0.717, 1.165) is 16.7 Å². The van der Waals surface area contributed by atoms with Crippen LogP contribution < -0.4 is 14.2 Å². The lowest BCUT2D eigenvalue weighted by Crippen LogP contribution is -2.11.